The molecule has 14 heavy (non-hydrogen) atoms. The number of carbonyl (C=O) groups excluding carboxylic acids is 1. The molecule has 2 unspecified atom stereocenters. The first-order valence-electron chi connectivity index (χ1n) is 5.71. The number of allylic oxidation sites excluding steroid dienone is 2. The van der Waals surface area contributed by atoms with Crippen molar-refractivity contribution in [2.24, 2.45) is 11.8 Å². The second-order valence-electron chi connectivity index (χ2n) is 4.23. The van der Waals surface area contributed by atoms with Gasteiger partial charge in [-0.25, -0.2) is 0 Å². The lowest BCUT2D eigenvalue weighted by molar-refractivity contribution is -0.118. The van der Waals surface area contributed by atoms with Gasteiger partial charge in [0.15, 0.2) is 5.78 Å². The summed E-state index contributed by atoms with van der Waals surface area (Å²) in [5, 5.41) is 0. The molecule has 0 saturated heterocycles. The van der Waals surface area contributed by atoms with E-state index in [1.54, 1.807) is 6.08 Å². The van der Waals surface area contributed by atoms with Gasteiger partial charge in [-0.05, 0) is 19.8 Å². The van der Waals surface area contributed by atoms with Gasteiger partial charge in [0.25, 0.3) is 0 Å². The van der Waals surface area contributed by atoms with Crippen molar-refractivity contribution in [3.8, 4) is 0 Å². The number of rotatable bonds is 2. The van der Waals surface area contributed by atoms with E-state index in [1.165, 1.54) is 19.3 Å². The summed E-state index contributed by atoms with van der Waals surface area (Å²) in [6.07, 6.45) is 7.68. The molecule has 2 atom stereocenters. The van der Waals surface area contributed by atoms with Gasteiger partial charge in [-0.3, -0.25) is 4.79 Å². The van der Waals surface area contributed by atoms with Crippen LogP contribution in [0.25, 0.3) is 0 Å². The topological polar surface area (TPSA) is 26.3 Å². The van der Waals surface area contributed by atoms with Crippen LogP contribution < -0.4 is 0 Å². The average Bonchev–Trinajstić information content (AvgIpc) is 2.41. The van der Waals surface area contributed by atoms with Gasteiger partial charge >= 0.3 is 0 Å². The maximum atomic E-state index is 11.7. The second-order valence-corrected chi connectivity index (χ2v) is 4.23. The minimum atomic E-state index is 0.249. The molecule has 0 aliphatic heterocycles. The van der Waals surface area contributed by atoms with E-state index in [1.807, 2.05) is 6.92 Å². The lowest BCUT2D eigenvalue weighted by atomic mass is 9.89. The van der Waals surface area contributed by atoms with Crippen molar-refractivity contribution >= 4 is 5.78 Å². The predicted molar refractivity (Wildman–Crippen MR) is 54.8 cm³/mol. The van der Waals surface area contributed by atoms with E-state index in [-0.39, 0.29) is 5.92 Å². The molecule has 0 aromatic carbocycles. The van der Waals surface area contributed by atoms with Crippen LogP contribution in [0.15, 0.2) is 11.8 Å². The van der Waals surface area contributed by atoms with E-state index >= 15 is 0 Å². The summed E-state index contributed by atoms with van der Waals surface area (Å²) >= 11 is 0. The van der Waals surface area contributed by atoms with Gasteiger partial charge in [0.2, 0.25) is 0 Å². The van der Waals surface area contributed by atoms with Gasteiger partial charge in [0, 0.05) is 17.9 Å². The zero-order valence-electron chi connectivity index (χ0n) is 8.79. The lowest BCUT2D eigenvalue weighted by Gasteiger charge is -2.18. The van der Waals surface area contributed by atoms with Gasteiger partial charge in [0.1, 0.15) is 5.76 Å². The number of ketones is 1. The quantitative estimate of drug-likeness (QED) is 0.675. The van der Waals surface area contributed by atoms with Crippen LogP contribution in [-0.4, -0.2) is 12.4 Å². The molecule has 0 aromatic heterocycles. The highest BCUT2D eigenvalue weighted by atomic mass is 16.5. The molecule has 2 nitrogen and oxygen atoms in total. The molecule has 2 aliphatic rings. The van der Waals surface area contributed by atoms with Crippen molar-refractivity contribution in [2.75, 3.05) is 6.61 Å². The molecule has 2 aliphatic carbocycles. The van der Waals surface area contributed by atoms with E-state index < -0.39 is 0 Å². The molecule has 1 saturated carbocycles. The molecule has 1 fully saturated rings. The minimum Gasteiger partial charge on any atom is -0.498 e. The molecule has 0 amide bonds. The van der Waals surface area contributed by atoms with Crippen molar-refractivity contribution in [1.82, 2.24) is 0 Å². The first kappa shape index (κ1) is 9.75. The smallest absolute Gasteiger partial charge is 0.162 e. The molecule has 0 spiro atoms. The van der Waals surface area contributed by atoms with Gasteiger partial charge in [0.05, 0.1) is 6.61 Å². The van der Waals surface area contributed by atoms with Crippen LogP contribution in [0.2, 0.25) is 0 Å². The fourth-order valence-electron chi connectivity index (χ4n) is 2.66. The normalized spacial score (nSPS) is 32.1. The number of fused-ring (bicyclic) bond motifs is 1. The third-order valence-electron chi connectivity index (χ3n) is 3.34. The largest absolute Gasteiger partial charge is 0.498 e. The Balaban J connectivity index is 2.12. The molecule has 2 rings (SSSR count). The van der Waals surface area contributed by atoms with Crippen LogP contribution in [0.5, 0.6) is 0 Å². The Morgan fingerprint density at radius 3 is 2.71 bits per heavy atom. The van der Waals surface area contributed by atoms with E-state index in [0.29, 0.717) is 18.3 Å². The predicted octanol–water partition coefficient (Wildman–Crippen LogP) is 2.69. The van der Waals surface area contributed by atoms with Gasteiger partial charge < -0.3 is 4.74 Å². The highest BCUT2D eigenvalue weighted by Crippen LogP contribution is 2.39. The highest BCUT2D eigenvalue weighted by molar-refractivity contribution is 5.95. The third kappa shape index (κ3) is 1.70. The molecule has 78 valence electrons. The molecule has 0 N–H and O–H groups in total. The maximum absolute atomic E-state index is 11.7. The van der Waals surface area contributed by atoms with Crippen molar-refractivity contribution in [3.05, 3.63) is 11.8 Å². The number of ether oxygens (including phenoxy) is 1. The molecule has 0 heterocycles. The summed E-state index contributed by atoms with van der Waals surface area (Å²) < 4.78 is 5.54. The first-order chi connectivity index (χ1) is 6.83. The summed E-state index contributed by atoms with van der Waals surface area (Å²) in [7, 11) is 0. The molecular formula is C12H18O2. The second kappa shape index (κ2) is 4.16. The average molecular weight is 194 g/mol. The fourth-order valence-corrected chi connectivity index (χ4v) is 2.66. The van der Waals surface area contributed by atoms with E-state index in [4.69, 9.17) is 4.74 Å². The maximum Gasteiger partial charge on any atom is 0.162 e. The number of hydrogen-bond acceptors (Lipinski definition) is 2. The van der Waals surface area contributed by atoms with E-state index in [9.17, 15) is 4.79 Å². The SMILES string of the molecule is CCOC1=CC(=O)C2CCCCCC12. The Kier molecular flexibility index (Phi) is 2.90. The summed E-state index contributed by atoms with van der Waals surface area (Å²) in [6.45, 7) is 2.66. The van der Waals surface area contributed by atoms with Crippen LogP contribution >= 0.6 is 0 Å². The molecule has 0 bridgehead atoms. The van der Waals surface area contributed by atoms with Crippen molar-refractivity contribution < 1.29 is 9.53 Å². The highest BCUT2D eigenvalue weighted by Gasteiger charge is 2.37. The Hall–Kier alpha value is -0.790. The molecule has 0 radical (unpaired) electrons. The van der Waals surface area contributed by atoms with Gasteiger partial charge in [-0.2, -0.15) is 0 Å². The zero-order valence-corrected chi connectivity index (χ0v) is 8.79. The Morgan fingerprint density at radius 2 is 2.00 bits per heavy atom. The number of hydrogen-bond donors (Lipinski definition) is 0. The monoisotopic (exact) mass is 194 g/mol. The Labute approximate surface area is 85.3 Å². The zero-order chi connectivity index (χ0) is 9.97. The van der Waals surface area contributed by atoms with Crippen LogP contribution in [0, 0.1) is 11.8 Å². The third-order valence-corrected chi connectivity index (χ3v) is 3.34. The summed E-state index contributed by atoms with van der Waals surface area (Å²) in [5.74, 6) is 1.92. The van der Waals surface area contributed by atoms with Crippen molar-refractivity contribution in [2.45, 2.75) is 39.0 Å². The Bertz CT molecular complexity index is 255. The van der Waals surface area contributed by atoms with Gasteiger partial charge in [-0.15, -0.1) is 0 Å². The van der Waals surface area contributed by atoms with Crippen LogP contribution in [0.1, 0.15) is 39.0 Å². The molecule has 2 heteroatoms. The van der Waals surface area contributed by atoms with Crippen LogP contribution in [-0.2, 0) is 9.53 Å². The molecule has 0 aromatic rings. The minimum absolute atomic E-state index is 0.249. The standard InChI is InChI=1S/C12H18O2/c1-2-14-12-8-11(13)9-6-4-3-5-7-10(9)12/h8-10H,2-7H2,1H3. The summed E-state index contributed by atoms with van der Waals surface area (Å²) in [5.41, 5.74) is 0. The summed E-state index contributed by atoms with van der Waals surface area (Å²) in [4.78, 5) is 11.7. The van der Waals surface area contributed by atoms with Crippen molar-refractivity contribution in [1.29, 1.82) is 0 Å². The van der Waals surface area contributed by atoms with Crippen LogP contribution in [0.4, 0.5) is 0 Å². The lowest BCUT2D eigenvalue weighted by Crippen LogP contribution is -2.16. The fraction of sp³-hybridized carbons (Fsp3) is 0.750. The van der Waals surface area contributed by atoms with Crippen molar-refractivity contribution in [3.63, 3.8) is 0 Å². The van der Waals surface area contributed by atoms with E-state index in [0.717, 1.165) is 18.6 Å². The molecular weight excluding hydrogens is 176 g/mol. The Morgan fingerprint density at radius 1 is 1.29 bits per heavy atom. The van der Waals surface area contributed by atoms with Gasteiger partial charge in [-0.1, -0.05) is 19.3 Å². The van der Waals surface area contributed by atoms with E-state index in [2.05, 4.69) is 0 Å². The summed E-state index contributed by atoms with van der Waals surface area (Å²) in [6, 6.07) is 0. The number of carbonyl (C=O) groups is 1. The van der Waals surface area contributed by atoms with Crippen LogP contribution in [0.3, 0.4) is 0 Å². The first-order valence-corrected chi connectivity index (χ1v) is 5.71.